The molecule has 6 heteroatoms. The highest BCUT2D eigenvalue weighted by atomic mass is 32.1. The van der Waals surface area contributed by atoms with Crippen LogP contribution in [-0.4, -0.2) is 40.0 Å². The third-order valence-corrected chi connectivity index (χ3v) is 4.75. The van der Waals surface area contributed by atoms with Crippen LogP contribution in [-0.2, 0) is 17.6 Å². The fourth-order valence-corrected chi connectivity index (χ4v) is 3.24. The van der Waals surface area contributed by atoms with Crippen LogP contribution in [0.25, 0.3) is 0 Å². The van der Waals surface area contributed by atoms with Gasteiger partial charge in [-0.05, 0) is 25.3 Å². The first-order valence-corrected chi connectivity index (χ1v) is 8.34. The molecule has 23 heavy (non-hydrogen) atoms. The van der Waals surface area contributed by atoms with Gasteiger partial charge in [0.25, 0.3) is 5.91 Å². The second-order valence-electron chi connectivity index (χ2n) is 5.23. The quantitative estimate of drug-likeness (QED) is 0.846. The van der Waals surface area contributed by atoms with Crippen LogP contribution in [0.1, 0.15) is 32.9 Å². The molecule has 0 fully saturated rings. The Morgan fingerprint density at radius 1 is 1.26 bits per heavy atom. The predicted octanol–water partition coefficient (Wildman–Crippen LogP) is 2.78. The fourth-order valence-electron chi connectivity index (χ4n) is 2.27. The zero-order valence-corrected chi connectivity index (χ0v) is 14.1. The molecule has 1 amide bonds. The second-order valence-corrected chi connectivity index (χ2v) is 6.32. The van der Waals surface area contributed by atoms with Crippen LogP contribution in [0.15, 0.2) is 30.3 Å². The van der Waals surface area contributed by atoms with Crippen LogP contribution in [0.4, 0.5) is 0 Å². The Bertz CT molecular complexity index is 682. The molecule has 5 nitrogen and oxygen atoms in total. The number of hydrogen-bond donors (Lipinski definition) is 1. The highest BCUT2D eigenvalue weighted by Gasteiger charge is 2.23. The van der Waals surface area contributed by atoms with Crippen molar-refractivity contribution < 1.29 is 14.7 Å². The first-order chi connectivity index (χ1) is 11.0. The topological polar surface area (TPSA) is 70.5 Å². The molecule has 0 saturated heterocycles. The van der Waals surface area contributed by atoms with Crippen molar-refractivity contribution in [3.05, 3.63) is 51.5 Å². The summed E-state index contributed by atoms with van der Waals surface area (Å²) in [6.07, 6.45) is 1.39. The van der Waals surface area contributed by atoms with E-state index in [1.165, 1.54) is 16.2 Å². The maximum atomic E-state index is 12.7. The van der Waals surface area contributed by atoms with E-state index in [1.807, 2.05) is 37.3 Å². The van der Waals surface area contributed by atoms with E-state index in [9.17, 15) is 9.59 Å². The summed E-state index contributed by atoms with van der Waals surface area (Å²) in [6, 6.07) is 9.73. The summed E-state index contributed by atoms with van der Waals surface area (Å²) in [5.41, 5.74) is 1.75. The smallest absolute Gasteiger partial charge is 0.323 e. The normalized spacial score (nSPS) is 10.5. The minimum Gasteiger partial charge on any atom is -0.480 e. The van der Waals surface area contributed by atoms with E-state index in [1.54, 1.807) is 6.92 Å². The van der Waals surface area contributed by atoms with Gasteiger partial charge in [-0.25, -0.2) is 4.98 Å². The van der Waals surface area contributed by atoms with E-state index in [0.717, 1.165) is 17.0 Å². The predicted molar refractivity (Wildman–Crippen MR) is 89.9 cm³/mol. The Morgan fingerprint density at radius 2 is 1.96 bits per heavy atom. The summed E-state index contributed by atoms with van der Waals surface area (Å²) in [6.45, 7) is 3.84. The van der Waals surface area contributed by atoms with Crippen LogP contribution in [0, 0.1) is 6.92 Å². The number of aryl methyl sites for hydroxylation is 2. The number of amides is 1. The number of carbonyl (C=O) groups is 2. The molecular formula is C17H20N2O3S. The van der Waals surface area contributed by atoms with Crippen molar-refractivity contribution in [1.82, 2.24) is 9.88 Å². The Balaban J connectivity index is 2.14. The SMILES string of the molecule is CCc1nc(C)c(C(=O)N(CCc2ccccc2)CC(=O)O)s1. The van der Waals surface area contributed by atoms with E-state index in [0.29, 0.717) is 23.5 Å². The number of aromatic nitrogens is 1. The number of thiazole rings is 1. The number of aliphatic carboxylic acids is 1. The standard InChI is InChI=1S/C17H20N2O3S/c1-3-14-18-12(2)16(23-14)17(22)19(11-15(20)21)10-9-13-7-5-4-6-8-13/h4-8H,3,9-11H2,1-2H3,(H,20,21). The fraction of sp³-hybridized carbons (Fsp3) is 0.353. The second kappa shape index (κ2) is 7.87. The summed E-state index contributed by atoms with van der Waals surface area (Å²) < 4.78 is 0. The summed E-state index contributed by atoms with van der Waals surface area (Å²) in [5.74, 6) is -1.26. The van der Waals surface area contributed by atoms with Gasteiger partial charge in [-0.1, -0.05) is 37.3 Å². The molecule has 0 aliphatic rings. The molecule has 1 aromatic carbocycles. The van der Waals surface area contributed by atoms with Gasteiger partial charge in [0.15, 0.2) is 0 Å². The summed E-state index contributed by atoms with van der Waals surface area (Å²) >= 11 is 1.35. The van der Waals surface area contributed by atoms with Crippen LogP contribution in [0.5, 0.6) is 0 Å². The van der Waals surface area contributed by atoms with Gasteiger partial charge in [-0.3, -0.25) is 9.59 Å². The van der Waals surface area contributed by atoms with Crippen molar-refractivity contribution in [2.24, 2.45) is 0 Å². The Morgan fingerprint density at radius 3 is 2.52 bits per heavy atom. The molecule has 0 atom stereocenters. The Kier molecular flexibility index (Phi) is 5.87. The first kappa shape index (κ1) is 17.1. The van der Waals surface area contributed by atoms with E-state index in [4.69, 9.17) is 5.11 Å². The highest BCUT2D eigenvalue weighted by molar-refractivity contribution is 7.13. The molecule has 0 unspecified atom stereocenters. The maximum absolute atomic E-state index is 12.7. The third-order valence-electron chi connectivity index (χ3n) is 3.46. The summed E-state index contributed by atoms with van der Waals surface area (Å²) in [4.78, 5) is 30.1. The zero-order valence-electron chi connectivity index (χ0n) is 13.3. The number of carboxylic acids is 1. The van der Waals surface area contributed by atoms with E-state index < -0.39 is 5.97 Å². The summed E-state index contributed by atoms with van der Waals surface area (Å²) in [7, 11) is 0. The van der Waals surface area contributed by atoms with Gasteiger partial charge in [-0.2, -0.15) is 0 Å². The average Bonchev–Trinajstić information content (AvgIpc) is 2.92. The lowest BCUT2D eigenvalue weighted by molar-refractivity contribution is -0.137. The molecule has 0 aliphatic carbocycles. The molecular weight excluding hydrogens is 312 g/mol. The third kappa shape index (κ3) is 4.63. The van der Waals surface area contributed by atoms with Gasteiger partial charge in [0.1, 0.15) is 11.4 Å². The van der Waals surface area contributed by atoms with Crippen molar-refractivity contribution >= 4 is 23.2 Å². The minimum absolute atomic E-state index is 0.252. The van der Waals surface area contributed by atoms with Gasteiger partial charge >= 0.3 is 5.97 Å². The van der Waals surface area contributed by atoms with Crippen LogP contribution in [0.2, 0.25) is 0 Å². The molecule has 122 valence electrons. The Labute approximate surface area is 139 Å². The number of carboxylic acid groups (broad SMARTS) is 1. The number of hydrogen-bond acceptors (Lipinski definition) is 4. The summed E-state index contributed by atoms with van der Waals surface area (Å²) in [5, 5.41) is 9.98. The molecule has 2 rings (SSSR count). The highest BCUT2D eigenvalue weighted by Crippen LogP contribution is 2.20. The molecule has 0 spiro atoms. The first-order valence-electron chi connectivity index (χ1n) is 7.52. The van der Waals surface area contributed by atoms with Crippen LogP contribution < -0.4 is 0 Å². The monoisotopic (exact) mass is 332 g/mol. The van der Waals surface area contributed by atoms with Crippen molar-refractivity contribution in [2.75, 3.05) is 13.1 Å². The van der Waals surface area contributed by atoms with Crippen molar-refractivity contribution in [1.29, 1.82) is 0 Å². The molecule has 0 radical (unpaired) electrons. The molecule has 1 N–H and O–H groups in total. The zero-order chi connectivity index (χ0) is 16.8. The maximum Gasteiger partial charge on any atom is 0.323 e. The average molecular weight is 332 g/mol. The number of carbonyl (C=O) groups excluding carboxylic acids is 1. The number of rotatable bonds is 7. The van der Waals surface area contributed by atoms with Crippen molar-refractivity contribution in [3.8, 4) is 0 Å². The van der Waals surface area contributed by atoms with Gasteiger partial charge in [0.2, 0.25) is 0 Å². The molecule has 2 aromatic rings. The van der Waals surface area contributed by atoms with Crippen molar-refractivity contribution in [2.45, 2.75) is 26.7 Å². The molecule has 0 aliphatic heterocycles. The van der Waals surface area contributed by atoms with E-state index in [2.05, 4.69) is 4.98 Å². The molecule has 0 bridgehead atoms. The lowest BCUT2D eigenvalue weighted by Crippen LogP contribution is -2.37. The molecule has 1 heterocycles. The number of benzene rings is 1. The minimum atomic E-state index is -1.01. The molecule has 0 saturated carbocycles. The molecule has 1 aromatic heterocycles. The lowest BCUT2D eigenvalue weighted by atomic mass is 10.1. The van der Waals surface area contributed by atoms with Gasteiger partial charge in [0, 0.05) is 6.54 Å². The van der Waals surface area contributed by atoms with Gasteiger partial charge in [-0.15, -0.1) is 11.3 Å². The van der Waals surface area contributed by atoms with Crippen LogP contribution in [0.3, 0.4) is 0 Å². The largest absolute Gasteiger partial charge is 0.480 e. The van der Waals surface area contributed by atoms with Crippen molar-refractivity contribution in [3.63, 3.8) is 0 Å². The lowest BCUT2D eigenvalue weighted by Gasteiger charge is -2.20. The van der Waals surface area contributed by atoms with Gasteiger partial charge < -0.3 is 10.0 Å². The van der Waals surface area contributed by atoms with E-state index >= 15 is 0 Å². The Hall–Kier alpha value is -2.21. The van der Waals surface area contributed by atoms with Gasteiger partial charge in [0.05, 0.1) is 10.7 Å². The van der Waals surface area contributed by atoms with E-state index in [-0.39, 0.29) is 12.5 Å². The number of nitrogens with zero attached hydrogens (tertiary/aromatic N) is 2. The van der Waals surface area contributed by atoms with Crippen LogP contribution >= 0.6 is 11.3 Å².